The number of nitrogens with one attached hydrogen (secondary N) is 2. The van der Waals surface area contributed by atoms with Crippen molar-refractivity contribution >= 4 is 28.8 Å². The van der Waals surface area contributed by atoms with Gasteiger partial charge in [0.1, 0.15) is 11.6 Å². The Morgan fingerprint density at radius 1 is 1.12 bits per heavy atom. The quantitative estimate of drug-likeness (QED) is 0.538. The van der Waals surface area contributed by atoms with Crippen LogP contribution in [-0.4, -0.2) is 23.8 Å². The topological polar surface area (TPSA) is 80.3 Å². The summed E-state index contributed by atoms with van der Waals surface area (Å²) in [6.45, 7) is 1.90. The number of carbonyl (C=O) groups excluding carboxylic acids is 2. The van der Waals surface area contributed by atoms with Crippen LogP contribution in [0.3, 0.4) is 0 Å². The van der Waals surface area contributed by atoms with Gasteiger partial charge in [0.2, 0.25) is 0 Å². The normalized spacial score (nSPS) is 20.0. The first-order valence-electron chi connectivity index (χ1n) is 11.2. The summed E-state index contributed by atoms with van der Waals surface area (Å²) in [5.41, 5.74) is 4.03. The van der Waals surface area contributed by atoms with E-state index in [0.29, 0.717) is 29.8 Å². The first-order valence-corrected chi connectivity index (χ1v) is 12.1. The van der Waals surface area contributed by atoms with Crippen LogP contribution in [0.1, 0.15) is 42.0 Å². The molecule has 0 bridgehead atoms. The third-order valence-electron chi connectivity index (χ3n) is 6.39. The molecule has 5 rings (SSSR count). The maximum absolute atomic E-state index is 13.6. The number of amides is 1. The number of ether oxygens (including phenoxy) is 1. The molecule has 172 valence electrons. The number of nitrogens with zero attached hydrogens (tertiary/aromatic N) is 1. The van der Waals surface area contributed by atoms with Crippen LogP contribution >= 0.6 is 11.3 Å². The number of methoxy groups -OCH3 is 1. The van der Waals surface area contributed by atoms with Gasteiger partial charge in [-0.1, -0.05) is 24.3 Å². The molecule has 2 atom stereocenters. The molecule has 3 aromatic rings. The highest BCUT2D eigenvalue weighted by Crippen LogP contribution is 2.46. The lowest BCUT2D eigenvalue weighted by molar-refractivity contribution is -0.116. The average molecular weight is 472 g/mol. The number of benzene rings is 1. The number of hydrogen-bond donors (Lipinski definition) is 2. The number of Topliss-reactive ketones (excluding diaryl/α,β-unsaturated/α-hetero) is 1. The van der Waals surface area contributed by atoms with Gasteiger partial charge < -0.3 is 15.4 Å². The van der Waals surface area contributed by atoms with Crippen molar-refractivity contribution < 1.29 is 14.3 Å². The Kier molecular flexibility index (Phi) is 6.02. The molecule has 3 heterocycles. The molecule has 6 nitrogen and oxygen atoms in total. The van der Waals surface area contributed by atoms with E-state index in [4.69, 9.17) is 4.74 Å². The molecular formula is C27H25N3O3S. The standard InChI is InChI=1S/C27H25N3O3S/c1-16-24(27(32)30-23-7-3-4-12-28-23)26(22-6-5-13-34-22)25-20(29-16)14-18(15-21(25)31)17-8-10-19(33-2)11-9-17/h3-13,18,26,29H,14-15H2,1-2H3,(H,28,30,32)/t18-,26-/m0/s1. The van der Waals surface area contributed by atoms with Crippen LogP contribution in [0.2, 0.25) is 0 Å². The van der Waals surface area contributed by atoms with Gasteiger partial charge in [0.05, 0.1) is 13.0 Å². The second kappa shape index (κ2) is 9.27. The number of anilines is 1. The molecule has 0 saturated heterocycles. The summed E-state index contributed by atoms with van der Waals surface area (Å²) < 4.78 is 5.27. The van der Waals surface area contributed by atoms with E-state index in [1.54, 1.807) is 36.8 Å². The Morgan fingerprint density at radius 3 is 2.62 bits per heavy atom. The second-order valence-corrected chi connectivity index (χ2v) is 9.45. The van der Waals surface area contributed by atoms with Crippen LogP contribution in [0.25, 0.3) is 0 Å². The lowest BCUT2D eigenvalue weighted by Gasteiger charge is -2.36. The van der Waals surface area contributed by atoms with E-state index in [1.165, 1.54) is 0 Å². The van der Waals surface area contributed by atoms with Crippen LogP contribution in [-0.2, 0) is 9.59 Å². The molecular weight excluding hydrogens is 446 g/mol. The van der Waals surface area contributed by atoms with Crippen LogP contribution in [0.5, 0.6) is 5.75 Å². The molecule has 2 aromatic heterocycles. The van der Waals surface area contributed by atoms with Gasteiger partial charge in [-0.2, -0.15) is 0 Å². The monoisotopic (exact) mass is 471 g/mol. The van der Waals surface area contributed by atoms with Crippen molar-refractivity contribution in [2.75, 3.05) is 12.4 Å². The summed E-state index contributed by atoms with van der Waals surface area (Å²) in [5, 5.41) is 8.30. The fraction of sp³-hybridized carbons (Fsp3) is 0.222. The molecule has 1 aliphatic carbocycles. The predicted molar refractivity (Wildman–Crippen MR) is 133 cm³/mol. The Labute approximate surface area is 202 Å². The fourth-order valence-corrected chi connectivity index (χ4v) is 5.66. The van der Waals surface area contributed by atoms with Gasteiger partial charge in [-0.3, -0.25) is 9.59 Å². The summed E-state index contributed by atoms with van der Waals surface area (Å²) in [5.74, 6) is 0.769. The molecule has 2 N–H and O–H groups in total. The zero-order valence-corrected chi connectivity index (χ0v) is 19.8. The number of rotatable bonds is 5. The van der Waals surface area contributed by atoms with Crippen molar-refractivity contribution in [3.8, 4) is 5.75 Å². The summed E-state index contributed by atoms with van der Waals surface area (Å²) in [6, 6.07) is 17.2. The Balaban J connectivity index is 1.50. The number of dihydropyridines is 1. The minimum Gasteiger partial charge on any atom is -0.497 e. The first-order chi connectivity index (χ1) is 16.5. The van der Waals surface area contributed by atoms with Crippen molar-refractivity contribution in [1.82, 2.24) is 10.3 Å². The number of allylic oxidation sites excluding steroid dienone is 3. The lowest BCUT2D eigenvalue weighted by atomic mass is 9.73. The summed E-state index contributed by atoms with van der Waals surface area (Å²) >= 11 is 1.56. The Hall–Kier alpha value is -3.71. The zero-order chi connectivity index (χ0) is 23.7. The minimum absolute atomic E-state index is 0.0728. The number of pyridine rings is 1. The van der Waals surface area contributed by atoms with E-state index in [1.807, 2.05) is 54.8 Å². The van der Waals surface area contributed by atoms with Crippen LogP contribution in [0.15, 0.2) is 88.7 Å². The van der Waals surface area contributed by atoms with E-state index in [2.05, 4.69) is 15.6 Å². The number of hydrogen-bond acceptors (Lipinski definition) is 6. The molecule has 0 radical (unpaired) electrons. The summed E-state index contributed by atoms with van der Waals surface area (Å²) in [7, 11) is 1.64. The molecule has 1 aromatic carbocycles. The lowest BCUT2D eigenvalue weighted by Crippen LogP contribution is -2.36. The van der Waals surface area contributed by atoms with Gasteiger partial charge in [0.15, 0.2) is 5.78 Å². The van der Waals surface area contributed by atoms with Gasteiger partial charge in [-0.15, -0.1) is 11.3 Å². The minimum atomic E-state index is -0.399. The Morgan fingerprint density at radius 2 is 1.94 bits per heavy atom. The van der Waals surface area contributed by atoms with E-state index in [0.717, 1.165) is 27.6 Å². The molecule has 0 fully saturated rings. The summed E-state index contributed by atoms with van der Waals surface area (Å²) in [4.78, 5) is 32.2. The van der Waals surface area contributed by atoms with Gasteiger partial charge >= 0.3 is 0 Å². The van der Waals surface area contributed by atoms with E-state index >= 15 is 0 Å². The maximum Gasteiger partial charge on any atom is 0.255 e. The third kappa shape index (κ3) is 4.15. The molecule has 0 unspecified atom stereocenters. The average Bonchev–Trinajstić information content (AvgIpc) is 3.38. The smallest absolute Gasteiger partial charge is 0.255 e. The van der Waals surface area contributed by atoms with Crippen LogP contribution in [0, 0.1) is 0 Å². The highest BCUT2D eigenvalue weighted by Gasteiger charge is 2.41. The number of ketones is 1. The highest BCUT2D eigenvalue weighted by atomic mass is 32.1. The molecule has 0 saturated carbocycles. The van der Waals surface area contributed by atoms with Crippen molar-refractivity contribution in [2.24, 2.45) is 0 Å². The number of thiophene rings is 1. The first kappa shape index (κ1) is 22.1. The molecule has 2 aliphatic rings. The van der Waals surface area contributed by atoms with Crippen LogP contribution < -0.4 is 15.4 Å². The zero-order valence-electron chi connectivity index (χ0n) is 19.0. The predicted octanol–water partition coefficient (Wildman–Crippen LogP) is 5.15. The van der Waals surface area contributed by atoms with Gasteiger partial charge in [-0.05, 0) is 60.5 Å². The number of carbonyl (C=O) groups is 2. The van der Waals surface area contributed by atoms with E-state index in [-0.39, 0.29) is 17.6 Å². The molecule has 7 heteroatoms. The SMILES string of the molecule is COc1ccc([C@@H]2CC(=O)C3=C(C2)NC(C)=C(C(=O)Nc2ccccn2)[C@@H]3c2cccs2)cc1. The highest BCUT2D eigenvalue weighted by molar-refractivity contribution is 7.10. The molecule has 0 spiro atoms. The van der Waals surface area contributed by atoms with Crippen LogP contribution in [0.4, 0.5) is 5.82 Å². The number of aromatic nitrogens is 1. The maximum atomic E-state index is 13.6. The molecule has 1 amide bonds. The fourth-order valence-electron chi connectivity index (χ4n) is 4.81. The van der Waals surface area contributed by atoms with Crippen molar-refractivity contribution in [3.63, 3.8) is 0 Å². The van der Waals surface area contributed by atoms with Gasteiger partial charge in [0.25, 0.3) is 5.91 Å². The van der Waals surface area contributed by atoms with E-state index in [9.17, 15) is 9.59 Å². The largest absolute Gasteiger partial charge is 0.497 e. The summed E-state index contributed by atoms with van der Waals surface area (Å²) in [6.07, 6.45) is 2.75. The Bertz CT molecular complexity index is 1280. The molecule has 1 aliphatic heterocycles. The third-order valence-corrected chi connectivity index (χ3v) is 7.33. The van der Waals surface area contributed by atoms with Crippen molar-refractivity contribution in [3.05, 3.63) is 99.2 Å². The second-order valence-electron chi connectivity index (χ2n) is 8.47. The molecule has 34 heavy (non-hydrogen) atoms. The van der Waals surface area contributed by atoms with Crippen molar-refractivity contribution in [2.45, 2.75) is 31.6 Å². The van der Waals surface area contributed by atoms with Crippen molar-refractivity contribution in [1.29, 1.82) is 0 Å². The van der Waals surface area contributed by atoms with Gasteiger partial charge in [-0.25, -0.2) is 4.98 Å². The van der Waals surface area contributed by atoms with Gasteiger partial charge in [0, 0.05) is 40.0 Å². The van der Waals surface area contributed by atoms with E-state index < -0.39 is 5.92 Å².